The Kier molecular flexibility index (Phi) is 10.5. The van der Waals surface area contributed by atoms with Crippen molar-refractivity contribution in [2.45, 2.75) is 13.2 Å². The van der Waals surface area contributed by atoms with Crippen LogP contribution in [0.15, 0.2) is 60.7 Å². The van der Waals surface area contributed by atoms with Crippen molar-refractivity contribution >= 4 is 47.0 Å². The van der Waals surface area contributed by atoms with E-state index in [9.17, 15) is 10.1 Å². The first-order chi connectivity index (χ1) is 15.5. The lowest BCUT2D eigenvalue weighted by Gasteiger charge is -2.13. The second kappa shape index (κ2) is 13.1. The summed E-state index contributed by atoms with van der Waals surface area (Å²) in [5.41, 5.74) is 2.80. The molecular formula is C23H24Cl3N3O4. The number of methoxy groups -OCH3 is 1. The Balaban J connectivity index is 0.00000385. The lowest BCUT2D eigenvalue weighted by Crippen LogP contribution is -2.21. The molecule has 0 amide bonds. The highest BCUT2D eigenvalue weighted by molar-refractivity contribution is 6.35. The zero-order valence-electron chi connectivity index (χ0n) is 17.8. The summed E-state index contributed by atoms with van der Waals surface area (Å²) in [4.78, 5) is 10.3. The summed E-state index contributed by atoms with van der Waals surface area (Å²) in [6.45, 7) is 2.35. The van der Waals surface area contributed by atoms with Gasteiger partial charge in [-0.1, -0.05) is 35.3 Å². The van der Waals surface area contributed by atoms with Gasteiger partial charge in [0.15, 0.2) is 11.5 Å². The van der Waals surface area contributed by atoms with Gasteiger partial charge in [0.1, 0.15) is 6.61 Å². The number of rotatable bonds is 11. The number of anilines is 1. The van der Waals surface area contributed by atoms with E-state index in [1.54, 1.807) is 31.4 Å². The number of nitro benzene ring substituents is 1. The third kappa shape index (κ3) is 7.98. The van der Waals surface area contributed by atoms with Crippen molar-refractivity contribution < 1.29 is 14.4 Å². The van der Waals surface area contributed by atoms with Gasteiger partial charge >= 0.3 is 0 Å². The number of non-ortho nitro benzene ring substituents is 1. The third-order valence-corrected chi connectivity index (χ3v) is 5.25. The fourth-order valence-electron chi connectivity index (χ4n) is 2.96. The molecule has 0 spiro atoms. The molecule has 0 aromatic heterocycles. The highest BCUT2D eigenvalue weighted by Gasteiger charge is 2.08. The van der Waals surface area contributed by atoms with Crippen LogP contribution >= 0.6 is 35.6 Å². The lowest BCUT2D eigenvalue weighted by molar-refractivity contribution is -0.384. The molecule has 2 N–H and O–H groups in total. The molecule has 7 nitrogen and oxygen atoms in total. The molecule has 33 heavy (non-hydrogen) atoms. The summed E-state index contributed by atoms with van der Waals surface area (Å²) in [6, 6.07) is 17.4. The largest absolute Gasteiger partial charge is 0.493 e. The predicted molar refractivity (Wildman–Crippen MR) is 134 cm³/mol. The van der Waals surface area contributed by atoms with Crippen molar-refractivity contribution in [3.63, 3.8) is 0 Å². The van der Waals surface area contributed by atoms with Gasteiger partial charge in [-0.3, -0.25) is 10.1 Å². The van der Waals surface area contributed by atoms with Gasteiger partial charge in [0.25, 0.3) is 5.69 Å². The smallest absolute Gasteiger partial charge is 0.269 e. The van der Waals surface area contributed by atoms with Crippen LogP contribution in [0, 0.1) is 10.1 Å². The van der Waals surface area contributed by atoms with E-state index in [4.69, 9.17) is 32.7 Å². The molecule has 0 aliphatic rings. The molecule has 10 heteroatoms. The van der Waals surface area contributed by atoms with E-state index in [0.717, 1.165) is 16.8 Å². The number of nitro groups is 1. The molecular weight excluding hydrogens is 489 g/mol. The minimum absolute atomic E-state index is 0. The number of nitrogens with zero attached hydrogens (tertiary/aromatic N) is 1. The zero-order valence-corrected chi connectivity index (χ0v) is 20.2. The van der Waals surface area contributed by atoms with Crippen LogP contribution in [0.2, 0.25) is 10.0 Å². The van der Waals surface area contributed by atoms with Crippen molar-refractivity contribution in [1.82, 2.24) is 5.32 Å². The number of benzene rings is 3. The first-order valence-corrected chi connectivity index (χ1v) is 10.6. The molecule has 0 heterocycles. The minimum Gasteiger partial charge on any atom is -0.493 e. The summed E-state index contributed by atoms with van der Waals surface area (Å²) < 4.78 is 11.3. The molecule has 0 fully saturated rings. The SMILES string of the molecule is COc1cc(CNCCNc2ccc([N+](=O)[O-])cc2)ccc1OCc1ccc(Cl)cc1Cl.Cl. The maximum Gasteiger partial charge on any atom is 0.269 e. The Morgan fingerprint density at radius 3 is 2.39 bits per heavy atom. The van der Waals surface area contributed by atoms with E-state index < -0.39 is 4.92 Å². The van der Waals surface area contributed by atoms with Crippen LogP contribution in [-0.4, -0.2) is 25.1 Å². The van der Waals surface area contributed by atoms with Gasteiger partial charge < -0.3 is 20.1 Å². The molecule has 0 aliphatic carbocycles. The van der Waals surface area contributed by atoms with E-state index in [1.165, 1.54) is 12.1 Å². The molecule has 3 rings (SSSR count). The molecule has 3 aromatic rings. The van der Waals surface area contributed by atoms with Crippen LogP contribution in [0.4, 0.5) is 11.4 Å². The van der Waals surface area contributed by atoms with Gasteiger partial charge in [0.2, 0.25) is 0 Å². The van der Waals surface area contributed by atoms with Crippen LogP contribution in [0.1, 0.15) is 11.1 Å². The molecule has 0 saturated heterocycles. The van der Waals surface area contributed by atoms with E-state index >= 15 is 0 Å². The van der Waals surface area contributed by atoms with E-state index in [1.807, 2.05) is 24.3 Å². The Hall–Kier alpha value is -2.71. The number of hydrogen-bond donors (Lipinski definition) is 2. The standard InChI is InChI=1S/C23H23Cl2N3O4.ClH/c1-31-23-12-16(2-9-22(23)32-15-17-3-4-18(24)13-21(17)25)14-26-10-11-27-19-5-7-20(8-6-19)28(29)30;/h2-9,12-13,26-27H,10-11,14-15H2,1H3;1H. The Morgan fingerprint density at radius 2 is 1.73 bits per heavy atom. The van der Waals surface area contributed by atoms with Crippen LogP contribution in [0.25, 0.3) is 0 Å². The molecule has 0 saturated carbocycles. The quantitative estimate of drug-likeness (QED) is 0.183. The van der Waals surface area contributed by atoms with Gasteiger partial charge in [0, 0.05) is 53.1 Å². The maximum absolute atomic E-state index is 10.7. The molecule has 0 atom stereocenters. The first kappa shape index (κ1) is 26.5. The predicted octanol–water partition coefficient (Wildman–Crippen LogP) is 6.11. The van der Waals surface area contributed by atoms with Crippen LogP contribution in [0.3, 0.4) is 0 Å². The summed E-state index contributed by atoms with van der Waals surface area (Å²) in [7, 11) is 1.60. The molecule has 0 unspecified atom stereocenters. The summed E-state index contributed by atoms with van der Waals surface area (Å²) in [6.07, 6.45) is 0. The number of nitrogens with one attached hydrogen (secondary N) is 2. The number of halogens is 3. The van der Waals surface area contributed by atoms with Crippen molar-refractivity contribution in [3.8, 4) is 11.5 Å². The normalized spacial score (nSPS) is 10.3. The minimum atomic E-state index is -0.414. The van der Waals surface area contributed by atoms with Gasteiger partial charge in [-0.25, -0.2) is 0 Å². The summed E-state index contributed by atoms with van der Waals surface area (Å²) >= 11 is 12.1. The highest BCUT2D eigenvalue weighted by atomic mass is 35.5. The van der Waals surface area contributed by atoms with Crippen LogP contribution in [0.5, 0.6) is 11.5 Å². The molecule has 0 aliphatic heterocycles. The van der Waals surface area contributed by atoms with Gasteiger partial charge in [0.05, 0.1) is 12.0 Å². The molecule has 0 radical (unpaired) electrons. The van der Waals surface area contributed by atoms with Crippen molar-refractivity contribution in [3.05, 3.63) is 92.0 Å². The lowest BCUT2D eigenvalue weighted by atomic mass is 10.2. The summed E-state index contributed by atoms with van der Waals surface area (Å²) in [5, 5.41) is 18.4. The number of ether oxygens (including phenoxy) is 2. The Bertz CT molecular complexity index is 1070. The van der Waals surface area contributed by atoms with E-state index in [-0.39, 0.29) is 18.1 Å². The third-order valence-electron chi connectivity index (χ3n) is 4.66. The van der Waals surface area contributed by atoms with Crippen molar-refractivity contribution in [2.75, 3.05) is 25.5 Å². The first-order valence-electron chi connectivity index (χ1n) is 9.89. The Morgan fingerprint density at radius 1 is 0.970 bits per heavy atom. The van der Waals surface area contributed by atoms with E-state index in [2.05, 4.69) is 10.6 Å². The summed E-state index contributed by atoms with van der Waals surface area (Å²) in [5.74, 6) is 1.26. The molecule has 3 aromatic carbocycles. The van der Waals surface area contributed by atoms with Gasteiger partial charge in [-0.05, 0) is 42.0 Å². The second-order valence-electron chi connectivity index (χ2n) is 6.92. The highest BCUT2D eigenvalue weighted by Crippen LogP contribution is 2.30. The molecule has 176 valence electrons. The Labute approximate surface area is 208 Å². The maximum atomic E-state index is 10.7. The van der Waals surface area contributed by atoms with Gasteiger partial charge in [-0.2, -0.15) is 0 Å². The van der Waals surface area contributed by atoms with Crippen molar-refractivity contribution in [2.24, 2.45) is 0 Å². The fourth-order valence-corrected chi connectivity index (χ4v) is 3.43. The topological polar surface area (TPSA) is 85.7 Å². The average Bonchev–Trinajstić information content (AvgIpc) is 2.79. The van der Waals surface area contributed by atoms with E-state index in [0.29, 0.717) is 47.8 Å². The fraction of sp³-hybridized carbons (Fsp3) is 0.217. The van der Waals surface area contributed by atoms with Crippen LogP contribution < -0.4 is 20.1 Å². The second-order valence-corrected chi connectivity index (χ2v) is 7.76. The van der Waals surface area contributed by atoms with Crippen LogP contribution in [-0.2, 0) is 13.2 Å². The molecule has 0 bridgehead atoms. The van der Waals surface area contributed by atoms with Crippen molar-refractivity contribution in [1.29, 1.82) is 0 Å². The number of hydrogen-bond acceptors (Lipinski definition) is 6. The van der Waals surface area contributed by atoms with Gasteiger partial charge in [-0.15, -0.1) is 12.4 Å². The average molecular weight is 513 g/mol. The monoisotopic (exact) mass is 511 g/mol. The zero-order chi connectivity index (χ0) is 22.9.